The number of unbranched alkanes of at least 4 members (excludes halogenated alkanes) is 2. The van der Waals surface area contributed by atoms with E-state index in [1.54, 1.807) is 0 Å². The molecule has 1 aliphatic carbocycles. The average Bonchev–Trinajstić information content (AvgIpc) is 3.42. The first-order valence-electron chi connectivity index (χ1n) is 10.4. The van der Waals surface area contributed by atoms with E-state index in [0.717, 1.165) is 38.5 Å². The molecule has 0 heterocycles. The Labute approximate surface area is 154 Å². The van der Waals surface area contributed by atoms with Crippen LogP contribution >= 0.6 is 0 Å². The molecular weight excluding hydrogens is 316 g/mol. The largest absolute Gasteiger partial charge is 0.465 e. The van der Waals surface area contributed by atoms with Crippen molar-refractivity contribution in [2.45, 2.75) is 85.5 Å². The first-order chi connectivity index (χ1) is 12.1. The fourth-order valence-corrected chi connectivity index (χ4v) is 3.13. The molecule has 0 aliphatic heterocycles. The molecule has 0 radical (unpaired) electrons. The number of rotatable bonds is 14. The first kappa shape index (κ1) is 22.0. The van der Waals surface area contributed by atoms with Gasteiger partial charge in [0.1, 0.15) is 0 Å². The normalized spacial score (nSPS) is 21.4. The summed E-state index contributed by atoms with van der Waals surface area (Å²) >= 11 is 0. The Balaban J connectivity index is 2.25. The third kappa shape index (κ3) is 8.24. The lowest BCUT2D eigenvalue weighted by Crippen LogP contribution is -2.19. The van der Waals surface area contributed by atoms with Crippen LogP contribution in [0.15, 0.2) is 0 Å². The van der Waals surface area contributed by atoms with Crippen LogP contribution in [0.4, 0.5) is 0 Å². The van der Waals surface area contributed by atoms with Crippen LogP contribution in [-0.2, 0) is 19.1 Å². The Bertz CT molecular complexity index is 357. The Morgan fingerprint density at radius 1 is 0.800 bits per heavy atom. The highest BCUT2D eigenvalue weighted by molar-refractivity contribution is 5.87. The third-order valence-corrected chi connectivity index (χ3v) is 5.41. The zero-order valence-corrected chi connectivity index (χ0v) is 16.7. The quantitative estimate of drug-likeness (QED) is 0.405. The standard InChI is InChI=1S/C21H38O4/c1-5-9-11-16(7-3)14-24-20(22)18-13-19(18)21(23)25-15-17(8-4)12-10-6-2/h16-19H,5-15H2,1-4H3/t16-,17?,18-,19?/m1/s1. The molecule has 0 saturated heterocycles. The summed E-state index contributed by atoms with van der Waals surface area (Å²) in [6, 6.07) is 0. The molecular formula is C21H38O4. The molecule has 0 N–H and O–H groups in total. The van der Waals surface area contributed by atoms with Crippen LogP contribution in [-0.4, -0.2) is 25.2 Å². The van der Waals surface area contributed by atoms with E-state index in [4.69, 9.17) is 9.47 Å². The van der Waals surface area contributed by atoms with Gasteiger partial charge in [-0.1, -0.05) is 66.2 Å². The van der Waals surface area contributed by atoms with Gasteiger partial charge in [-0.05, 0) is 31.1 Å². The van der Waals surface area contributed by atoms with E-state index in [9.17, 15) is 9.59 Å². The topological polar surface area (TPSA) is 52.6 Å². The maximum atomic E-state index is 12.1. The molecule has 146 valence electrons. The van der Waals surface area contributed by atoms with Crippen molar-refractivity contribution in [2.24, 2.45) is 23.7 Å². The van der Waals surface area contributed by atoms with E-state index < -0.39 is 0 Å². The van der Waals surface area contributed by atoms with E-state index in [1.165, 1.54) is 12.8 Å². The highest BCUT2D eigenvalue weighted by Gasteiger charge is 2.50. The highest BCUT2D eigenvalue weighted by atomic mass is 16.5. The van der Waals surface area contributed by atoms with Gasteiger partial charge in [0.25, 0.3) is 0 Å². The van der Waals surface area contributed by atoms with Crippen molar-refractivity contribution in [2.75, 3.05) is 13.2 Å². The number of hydrogen-bond donors (Lipinski definition) is 0. The second-order valence-electron chi connectivity index (χ2n) is 7.54. The SMILES string of the molecule is CCCCC(CC)COC(=O)C1C[C@H]1C(=O)OC[C@H](CC)CCCC. The van der Waals surface area contributed by atoms with Gasteiger partial charge in [-0.15, -0.1) is 0 Å². The van der Waals surface area contributed by atoms with Crippen LogP contribution in [0.25, 0.3) is 0 Å². The Morgan fingerprint density at radius 3 is 1.52 bits per heavy atom. The summed E-state index contributed by atoms with van der Waals surface area (Å²) in [5, 5.41) is 0. The van der Waals surface area contributed by atoms with Gasteiger partial charge in [-0.3, -0.25) is 9.59 Å². The molecule has 1 fully saturated rings. The van der Waals surface area contributed by atoms with Crippen LogP contribution in [0.1, 0.15) is 85.5 Å². The maximum absolute atomic E-state index is 12.1. The molecule has 0 aromatic carbocycles. The molecule has 2 unspecified atom stereocenters. The number of esters is 2. The lowest BCUT2D eigenvalue weighted by molar-refractivity contribution is -0.153. The van der Waals surface area contributed by atoms with Crippen molar-refractivity contribution in [1.29, 1.82) is 0 Å². The molecule has 4 atom stereocenters. The number of carbonyl (C=O) groups is 2. The van der Waals surface area contributed by atoms with Crippen molar-refractivity contribution in [3.63, 3.8) is 0 Å². The molecule has 0 bridgehead atoms. The van der Waals surface area contributed by atoms with Crippen LogP contribution in [0.5, 0.6) is 0 Å². The fourth-order valence-electron chi connectivity index (χ4n) is 3.13. The third-order valence-electron chi connectivity index (χ3n) is 5.41. The minimum atomic E-state index is -0.271. The average molecular weight is 355 g/mol. The van der Waals surface area contributed by atoms with Gasteiger partial charge in [-0.25, -0.2) is 0 Å². The summed E-state index contributed by atoms with van der Waals surface area (Å²) in [4.78, 5) is 24.2. The van der Waals surface area contributed by atoms with Gasteiger partial charge in [0.2, 0.25) is 0 Å². The number of carbonyl (C=O) groups excluding carboxylic acids is 2. The van der Waals surface area contributed by atoms with E-state index in [-0.39, 0.29) is 23.8 Å². The van der Waals surface area contributed by atoms with Gasteiger partial charge < -0.3 is 9.47 Å². The zero-order valence-electron chi connectivity index (χ0n) is 16.7. The molecule has 0 spiro atoms. The molecule has 25 heavy (non-hydrogen) atoms. The molecule has 1 rings (SSSR count). The summed E-state index contributed by atoms with van der Waals surface area (Å²) in [7, 11) is 0. The Hall–Kier alpha value is -1.06. The van der Waals surface area contributed by atoms with Gasteiger partial charge in [0.05, 0.1) is 25.0 Å². The smallest absolute Gasteiger partial charge is 0.309 e. The van der Waals surface area contributed by atoms with Crippen molar-refractivity contribution >= 4 is 11.9 Å². The van der Waals surface area contributed by atoms with Gasteiger partial charge in [0, 0.05) is 0 Å². The summed E-state index contributed by atoms with van der Waals surface area (Å²) in [5.41, 5.74) is 0. The molecule has 1 saturated carbocycles. The van der Waals surface area contributed by atoms with E-state index in [2.05, 4.69) is 27.7 Å². The van der Waals surface area contributed by atoms with Crippen molar-refractivity contribution < 1.29 is 19.1 Å². The summed E-state index contributed by atoms with van der Waals surface area (Å²) in [5.74, 6) is -0.0856. The molecule has 0 aromatic heterocycles. The highest BCUT2D eigenvalue weighted by Crippen LogP contribution is 2.40. The molecule has 4 heteroatoms. The fraction of sp³-hybridized carbons (Fsp3) is 0.905. The minimum absolute atomic E-state index is 0.213. The van der Waals surface area contributed by atoms with Crippen LogP contribution in [0.2, 0.25) is 0 Å². The van der Waals surface area contributed by atoms with Gasteiger partial charge >= 0.3 is 11.9 Å². The van der Waals surface area contributed by atoms with E-state index >= 15 is 0 Å². The van der Waals surface area contributed by atoms with Crippen LogP contribution in [0, 0.1) is 23.7 Å². The molecule has 4 nitrogen and oxygen atoms in total. The predicted molar refractivity (Wildman–Crippen MR) is 100 cm³/mol. The van der Waals surface area contributed by atoms with Crippen molar-refractivity contribution in [1.82, 2.24) is 0 Å². The molecule has 0 aromatic rings. The van der Waals surface area contributed by atoms with Crippen LogP contribution < -0.4 is 0 Å². The monoisotopic (exact) mass is 354 g/mol. The summed E-state index contributed by atoms with van der Waals surface area (Å²) < 4.78 is 10.9. The Morgan fingerprint density at radius 2 is 1.20 bits per heavy atom. The van der Waals surface area contributed by atoms with Crippen molar-refractivity contribution in [3.8, 4) is 0 Å². The maximum Gasteiger partial charge on any atom is 0.309 e. The number of hydrogen-bond acceptors (Lipinski definition) is 4. The summed E-state index contributed by atoms with van der Waals surface area (Å²) in [6.45, 7) is 9.59. The second kappa shape index (κ2) is 12.3. The van der Waals surface area contributed by atoms with Gasteiger partial charge in [0.15, 0.2) is 0 Å². The Kier molecular flexibility index (Phi) is 10.8. The molecule has 0 amide bonds. The first-order valence-corrected chi connectivity index (χ1v) is 10.4. The lowest BCUT2D eigenvalue weighted by Gasteiger charge is -2.15. The van der Waals surface area contributed by atoms with Gasteiger partial charge in [-0.2, -0.15) is 0 Å². The number of ether oxygens (including phenoxy) is 2. The second-order valence-corrected chi connectivity index (χ2v) is 7.54. The van der Waals surface area contributed by atoms with Crippen LogP contribution in [0.3, 0.4) is 0 Å². The lowest BCUT2D eigenvalue weighted by atomic mass is 10.0. The van der Waals surface area contributed by atoms with E-state index in [0.29, 0.717) is 31.5 Å². The zero-order chi connectivity index (χ0) is 18.7. The predicted octanol–water partition coefficient (Wildman–Crippen LogP) is 5.14. The summed E-state index contributed by atoms with van der Waals surface area (Å²) in [6.07, 6.45) is 9.53. The van der Waals surface area contributed by atoms with E-state index in [1.807, 2.05) is 0 Å². The molecule has 1 aliphatic rings. The van der Waals surface area contributed by atoms with Crippen molar-refractivity contribution in [3.05, 3.63) is 0 Å². The minimum Gasteiger partial charge on any atom is -0.465 e.